The number of rotatable bonds is 4. The van der Waals surface area contributed by atoms with E-state index in [2.05, 4.69) is 10.1 Å². The van der Waals surface area contributed by atoms with Crippen LogP contribution in [-0.2, 0) is 20.7 Å². The molecule has 0 unspecified atom stereocenters. The fourth-order valence-electron chi connectivity index (χ4n) is 1.28. The van der Waals surface area contributed by atoms with E-state index in [1.807, 2.05) is 18.2 Å². The van der Waals surface area contributed by atoms with E-state index in [4.69, 9.17) is 11.6 Å². The van der Waals surface area contributed by atoms with E-state index in [0.717, 1.165) is 5.56 Å². The molecule has 0 spiro atoms. The van der Waals surface area contributed by atoms with Crippen LogP contribution in [0.5, 0.6) is 0 Å². The van der Waals surface area contributed by atoms with Crippen LogP contribution in [0.2, 0.25) is 5.02 Å². The molecule has 0 aliphatic heterocycles. The number of amides is 1. The predicted molar refractivity (Wildman–Crippen MR) is 64.8 cm³/mol. The van der Waals surface area contributed by atoms with Gasteiger partial charge in [-0.25, -0.2) is 4.79 Å². The van der Waals surface area contributed by atoms with Crippen LogP contribution in [0, 0.1) is 0 Å². The minimum absolute atomic E-state index is 0.195. The average Bonchev–Trinajstić information content (AvgIpc) is 2.29. The number of hydrogen-bond acceptors (Lipinski definition) is 3. The van der Waals surface area contributed by atoms with Crippen LogP contribution in [0.4, 0.5) is 0 Å². The van der Waals surface area contributed by atoms with E-state index < -0.39 is 11.9 Å². The summed E-state index contributed by atoms with van der Waals surface area (Å²) in [4.78, 5) is 22.2. The first-order chi connectivity index (χ1) is 8.13. The summed E-state index contributed by atoms with van der Waals surface area (Å²) >= 11 is 5.82. The van der Waals surface area contributed by atoms with Gasteiger partial charge in [-0.1, -0.05) is 23.7 Å². The van der Waals surface area contributed by atoms with E-state index in [0.29, 0.717) is 18.0 Å². The summed E-state index contributed by atoms with van der Waals surface area (Å²) in [7, 11) is 0. The van der Waals surface area contributed by atoms with Crippen molar-refractivity contribution < 1.29 is 14.3 Å². The second-order valence-corrected chi connectivity index (χ2v) is 3.79. The lowest BCUT2D eigenvalue weighted by Crippen LogP contribution is -2.33. The van der Waals surface area contributed by atoms with Crippen molar-refractivity contribution in [2.75, 3.05) is 13.2 Å². The summed E-state index contributed by atoms with van der Waals surface area (Å²) in [6, 6.07) is 7.34. The first-order valence-corrected chi connectivity index (χ1v) is 5.70. The van der Waals surface area contributed by atoms with E-state index in [1.165, 1.54) is 0 Å². The first-order valence-electron chi connectivity index (χ1n) is 5.33. The number of halogens is 1. The average molecular weight is 256 g/mol. The lowest BCUT2D eigenvalue weighted by Gasteiger charge is -2.05. The summed E-state index contributed by atoms with van der Waals surface area (Å²) in [5, 5.41) is 3.13. The van der Waals surface area contributed by atoms with Crippen molar-refractivity contribution in [1.29, 1.82) is 0 Å². The highest BCUT2D eigenvalue weighted by atomic mass is 35.5. The molecule has 0 bridgehead atoms. The van der Waals surface area contributed by atoms with Gasteiger partial charge in [0.05, 0.1) is 6.61 Å². The van der Waals surface area contributed by atoms with Crippen molar-refractivity contribution >= 4 is 23.5 Å². The van der Waals surface area contributed by atoms with E-state index >= 15 is 0 Å². The van der Waals surface area contributed by atoms with Crippen LogP contribution >= 0.6 is 11.6 Å². The molecule has 0 saturated heterocycles. The van der Waals surface area contributed by atoms with Crippen LogP contribution in [0.15, 0.2) is 24.3 Å². The van der Waals surface area contributed by atoms with Gasteiger partial charge in [0.2, 0.25) is 0 Å². The van der Waals surface area contributed by atoms with Crippen LogP contribution in [0.1, 0.15) is 12.5 Å². The number of ether oxygens (including phenoxy) is 1. The van der Waals surface area contributed by atoms with Gasteiger partial charge in [-0.15, -0.1) is 0 Å². The van der Waals surface area contributed by atoms with Gasteiger partial charge in [-0.3, -0.25) is 4.79 Å². The van der Waals surface area contributed by atoms with Crippen LogP contribution in [0.3, 0.4) is 0 Å². The third kappa shape index (κ3) is 4.87. The molecule has 1 amide bonds. The van der Waals surface area contributed by atoms with Crippen molar-refractivity contribution in [3.05, 3.63) is 34.9 Å². The predicted octanol–water partition coefficient (Wildman–Crippen LogP) is 1.56. The molecule has 0 aliphatic rings. The monoisotopic (exact) mass is 255 g/mol. The molecule has 0 heterocycles. The number of hydrogen-bond donors (Lipinski definition) is 1. The lowest BCUT2D eigenvalue weighted by molar-refractivity contribution is -0.154. The summed E-state index contributed by atoms with van der Waals surface area (Å²) in [5.41, 5.74) is 1.00. The second kappa shape index (κ2) is 6.91. The highest BCUT2D eigenvalue weighted by Gasteiger charge is 2.13. The van der Waals surface area contributed by atoms with Gasteiger partial charge in [0.15, 0.2) is 0 Å². The molecule has 4 nitrogen and oxygen atoms in total. The fourth-order valence-corrected chi connectivity index (χ4v) is 1.49. The lowest BCUT2D eigenvalue weighted by atomic mass is 10.1. The van der Waals surface area contributed by atoms with E-state index in [9.17, 15) is 9.59 Å². The highest BCUT2D eigenvalue weighted by molar-refractivity contribution is 6.32. The zero-order valence-electron chi connectivity index (χ0n) is 9.53. The summed E-state index contributed by atoms with van der Waals surface area (Å²) in [6.07, 6.45) is 0.617. The molecule has 17 heavy (non-hydrogen) atoms. The molecule has 1 aromatic carbocycles. The molecule has 92 valence electrons. The maximum absolute atomic E-state index is 11.2. The topological polar surface area (TPSA) is 55.4 Å². The van der Waals surface area contributed by atoms with Crippen molar-refractivity contribution in [2.24, 2.45) is 0 Å². The summed E-state index contributed by atoms with van der Waals surface area (Å²) < 4.78 is 4.55. The van der Waals surface area contributed by atoms with E-state index in [1.54, 1.807) is 13.0 Å². The van der Waals surface area contributed by atoms with Gasteiger partial charge < -0.3 is 10.1 Å². The Labute approximate surface area is 105 Å². The molecule has 1 aromatic rings. The molecule has 1 N–H and O–H groups in total. The molecule has 1 rings (SSSR count). The van der Waals surface area contributed by atoms with Crippen LogP contribution in [0.25, 0.3) is 0 Å². The quantitative estimate of drug-likeness (QED) is 0.656. The van der Waals surface area contributed by atoms with Gasteiger partial charge >= 0.3 is 11.9 Å². The Balaban J connectivity index is 2.33. The molecule has 0 radical (unpaired) electrons. The van der Waals surface area contributed by atoms with Gasteiger partial charge in [-0.2, -0.15) is 0 Å². The minimum Gasteiger partial charge on any atom is -0.459 e. The molecular weight excluding hydrogens is 242 g/mol. The first kappa shape index (κ1) is 13.5. The zero-order chi connectivity index (χ0) is 12.7. The van der Waals surface area contributed by atoms with Crippen LogP contribution in [-0.4, -0.2) is 25.0 Å². The zero-order valence-corrected chi connectivity index (χ0v) is 10.3. The molecule has 0 atom stereocenters. The third-order valence-corrected chi connectivity index (χ3v) is 2.28. The van der Waals surface area contributed by atoms with Crippen LogP contribution < -0.4 is 5.32 Å². The van der Waals surface area contributed by atoms with Gasteiger partial charge in [0.25, 0.3) is 0 Å². The maximum atomic E-state index is 11.2. The minimum atomic E-state index is -0.849. The van der Waals surface area contributed by atoms with Gasteiger partial charge in [0, 0.05) is 11.6 Å². The number of benzene rings is 1. The fraction of sp³-hybridized carbons (Fsp3) is 0.333. The van der Waals surface area contributed by atoms with E-state index in [-0.39, 0.29) is 6.61 Å². The van der Waals surface area contributed by atoms with Crippen molar-refractivity contribution in [2.45, 2.75) is 13.3 Å². The summed E-state index contributed by atoms with van der Waals surface area (Å²) in [5.74, 6) is -1.56. The van der Waals surface area contributed by atoms with Crippen molar-refractivity contribution in [3.63, 3.8) is 0 Å². The Kier molecular flexibility index (Phi) is 5.49. The molecule has 0 saturated carbocycles. The normalized spacial score (nSPS) is 9.76. The summed E-state index contributed by atoms with van der Waals surface area (Å²) in [6.45, 7) is 2.22. The third-order valence-electron chi connectivity index (χ3n) is 2.05. The second-order valence-electron chi connectivity index (χ2n) is 3.36. The Morgan fingerprint density at radius 2 is 2.18 bits per heavy atom. The largest absolute Gasteiger partial charge is 0.459 e. The molecular formula is C12H14ClNO3. The molecule has 0 aliphatic carbocycles. The molecule has 0 fully saturated rings. The molecule has 0 aromatic heterocycles. The maximum Gasteiger partial charge on any atom is 0.396 e. The highest BCUT2D eigenvalue weighted by Crippen LogP contribution is 2.10. The van der Waals surface area contributed by atoms with Gasteiger partial charge in [-0.05, 0) is 31.0 Å². The Morgan fingerprint density at radius 1 is 1.41 bits per heavy atom. The Morgan fingerprint density at radius 3 is 2.82 bits per heavy atom. The Bertz CT molecular complexity index is 406. The number of carbonyl (C=O) groups excluding carboxylic acids is 2. The molecule has 5 heteroatoms. The number of nitrogens with one attached hydrogen (secondary N) is 1. The Hall–Kier alpha value is -1.55. The van der Waals surface area contributed by atoms with Crippen molar-refractivity contribution in [3.8, 4) is 0 Å². The van der Waals surface area contributed by atoms with Crippen molar-refractivity contribution in [1.82, 2.24) is 5.32 Å². The SMILES string of the molecule is CCOC(=O)C(=O)NCCc1cccc(Cl)c1. The van der Waals surface area contributed by atoms with Gasteiger partial charge in [0.1, 0.15) is 0 Å². The number of carbonyl (C=O) groups is 2. The smallest absolute Gasteiger partial charge is 0.396 e. The number of esters is 1. The standard InChI is InChI=1S/C12H14ClNO3/c1-2-17-12(16)11(15)14-7-6-9-4-3-5-10(13)8-9/h3-5,8H,2,6-7H2,1H3,(H,14,15).